The van der Waals surface area contributed by atoms with Crippen LogP contribution in [0.5, 0.6) is 0 Å². The van der Waals surface area contributed by atoms with Gasteiger partial charge in [0.05, 0.1) is 5.69 Å². The largest absolute Gasteiger partial charge is 0.444 e. The van der Waals surface area contributed by atoms with Crippen molar-refractivity contribution in [1.29, 1.82) is 5.26 Å². The lowest BCUT2D eigenvalue weighted by molar-refractivity contribution is 0.0527. The Labute approximate surface area is 162 Å². The second kappa shape index (κ2) is 8.99. The van der Waals surface area contributed by atoms with Gasteiger partial charge in [0, 0.05) is 13.1 Å². The third kappa shape index (κ3) is 5.54. The summed E-state index contributed by atoms with van der Waals surface area (Å²) < 4.78 is 7.17. The van der Waals surface area contributed by atoms with E-state index in [1.54, 1.807) is 57.2 Å². The molecule has 0 aliphatic heterocycles. The highest BCUT2D eigenvalue weighted by Crippen LogP contribution is 2.06. The third-order valence-electron chi connectivity index (χ3n) is 3.64. The van der Waals surface area contributed by atoms with Gasteiger partial charge in [-0.3, -0.25) is 9.36 Å². The number of para-hydroxylation sites is 1. The minimum absolute atomic E-state index is 0.109. The predicted octanol–water partition coefficient (Wildman–Crippen LogP) is 1.57. The predicted molar refractivity (Wildman–Crippen MR) is 102 cm³/mol. The molecular weight excluding hydrogens is 362 g/mol. The first-order chi connectivity index (χ1) is 13.2. The molecule has 148 valence electrons. The average molecular weight is 385 g/mol. The standard InChI is InChI=1S/C19H23N5O4/c1-19(2,3)28-17(26)21-11-7-8-12-23-16(25)15(13-20)22-24(18(23)27)14-9-5-4-6-10-14/h4-6,9-10H,7-8,11-12H2,1-3H3,(H,21,26). The van der Waals surface area contributed by atoms with Crippen LogP contribution in [0, 0.1) is 11.3 Å². The molecule has 28 heavy (non-hydrogen) atoms. The molecular formula is C19H23N5O4. The van der Waals surface area contributed by atoms with Crippen molar-refractivity contribution in [1.82, 2.24) is 19.7 Å². The molecule has 0 saturated carbocycles. The van der Waals surface area contributed by atoms with E-state index in [2.05, 4.69) is 10.4 Å². The quantitative estimate of drug-likeness (QED) is 0.754. The maximum absolute atomic E-state index is 12.7. The van der Waals surface area contributed by atoms with E-state index < -0.39 is 22.9 Å². The number of carbonyl (C=O) groups excluding carboxylic acids is 1. The van der Waals surface area contributed by atoms with Gasteiger partial charge in [-0.25, -0.2) is 9.59 Å². The van der Waals surface area contributed by atoms with Crippen LogP contribution in [0.2, 0.25) is 0 Å². The van der Waals surface area contributed by atoms with Gasteiger partial charge in [0.1, 0.15) is 11.7 Å². The number of hydrogen-bond acceptors (Lipinski definition) is 6. The zero-order chi connectivity index (χ0) is 20.7. The Balaban J connectivity index is 2.08. The minimum atomic E-state index is -0.722. The number of unbranched alkanes of at least 4 members (excludes halogenated alkanes) is 1. The van der Waals surface area contributed by atoms with Gasteiger partial charge in [0.15, 0.2) is 0 Å². The number of hydrogen-bond donors (Lipinski definition) is 1. The molecule has 0 bridgehead atoms. The maximum Gasteiger partial charge on any atom is 0.407 e. The fourth-order valence-electron chi connectivity index (χ4n) is 2.42. The lowest BCUT2D eigenvalue weighted by Crippen LogP contribution is -2.42. The molecule has 9 nitrogen and oxygen atoms in total. The molecule has 0 radical (unpaired) electrons. The maximum atomic E-state index is 12.7. The van der Waals surface area contributed by atoms with Crippen LogP contribution in [0.3, 0.4) is 0 Å². The molecule has 1 N–H and O–H groups in total. The van der Waals surface area contributed by atoms with Crippen LogP contribution < -0.4 is 16.6 Å². The molecule has 0 aliphatic rings. The average Bonchev–Trinajstić information content (AvgIpc) is 2.63. The summed E-state index contributed by atoms with van der Waals surface area (Å²) in [7, 11) is 0. The van der Waals surface area contributed by atoms with Crippen molar-refractivity contribution in [3.8, 4) is 11.8 Å². The number of amides is 1. The Morgan fingerprint density at radius 1 is 1.21 bits per heavy atom. The fraction of sp³-hybridized carbons (Fsp3) is 0.421. The normalized spacial score (nSPS) is 10.9. The number of nitrogens with one attached hydrogen (secondary N) is 1. The van der Waals surface area contributed by atoms with Crippen molar-refractivity contribution >= 4 is 6.09 Å². The molecule has 9 heteroatoms. The Bertz CT molecular complexity index is 981. The smallest absolute Gasteiger partial charge is 0.407 e. The molecule has 1 heterocycles. The van der Waals surface area contributed by atoms with Gasteiger partial charge in [0.2, 0.25) is 5.69 Å². The monoisotopic (exact) mass is 385 g/mol. The number of benzene rings is 1. The van der Waals surface area contributed by atoms with E-state index in [9.17, 15) is 14.4 Å². The van der Waals surface area contributed by atoms with Crippen molar-refractivity contribution in [2.75, 3.05) is 6.54 Å². The van der Waals surface area contributed by atoms with Crippen LogP contribution in [0.25, 0.3) is 5.69 Å². The molecule has 1 aromatic carbocycles. The third-order valence-corrected chi connectivity index (χ3v) is 3.64. The topological polar surface area (TPSA) is 119 Å². The van der Waals surface area contributed by atoms with Crippen LogP contribution in [-0.2, 0) is 11.3 Å². The number of nitriles is 1. The molecule has 1 aromatic heterocycles. The number of rotatable bonds is 6. The summed E-state index contributed by atoms with van der Waals surface area (Å²) in [6.45, 7) is 5.76. The highest BCUT2D eigenvalue weighted by molar-refractivity contribution is 5.67. The lowest BCUT2D eigenvalue weighted by atomic mass is 10.2. The number of nitrogens with zero attached hydrogens (tertiary/aromatic N) is 4. The number of aromatic nitrogens is 3. The van der Waals surface area contributed by atoms with Gasteiger partial charge in [-0.15, -0.1) is 5.10 Å². The zero-order valence-corrected chi connectivity index (χ0v) is 16.1. The second-order valence-corrected chi connectivity index (χ2v) is 7.08. The van der Waals surface area contributed by atoms with Crippen molar-refractivity contribution in [2.45, 2.75) is 45.8 Å². The Kier molecular flexibility index (Phi) is 6.71. The molecule has 1 amide bonds. The summed E-state index contributed by atoms with van der Waals surface area (Å²) in [6.07, 6.45) is 0.460. The summed E-state index contributed by atoms with van der Waals surface area (Å²) in [5, 5.41) is 15.6. The summed E-state index contributed by atoms with van der Waals surface area (Å²) in [5.74, 6) is 0. The lowest BCUT2D eigenvalue weighted by Gasteiger charge is -2.19. The molecule has 2 aromatic rings. The van der Waals surface area contributed by atoms with Gasteiger partial charge in [-0.2, -0.15) is 9.94 Å². The Hall–Kier alpha value is -3.41. The molecule has 0 aliphatic carbocycles. The van der Waals surface area contributed by atoms with Crippen LogP contribution in [-0.4, -0.2) is 32.6 Å². The number of carbonyl (C=O) groups is 1. The second-order valence-electron chi connectivity index (χ2n) is 7.08. The first-order valence-corrected chi connectivity index (χ1v) is 8.89. The molecule has 0 unspecified atom stereocenters. The van der Waals surface area contributed by atoms with Gasteiger partial charge < -0.3 is 10.1 Å². The van der Waals surface area contributed by atoms with Gasteiger partial charge in [-0.1, -0.05) is 18.2 Å². The summed E-state index contributed by atoms with van der Waals surface area (Å²) in [6, 6.07) is 10.3. The van der Waals surface area contributed by atoms with Crippen LogP contribution >= 0.6 is 0 Å². The van der Waals surface area contributed by atoms with Gasteiger partial charge in [-0.05, 0) is 45.7 Å². The van der Waals surface area contributed by atoms with E-state index in [1.807, 2.05) is 0 Å². The summed E-state index contributed by atoms with van der Waals surface area (Å²) in [5.41, 5.74) is -1.81. The van der Waals surface area contributed by atoms with E-state index in [4.69, 9.17) is 10.00 Å². The van der Waals surface area contributed by atoms with Crippen molar-refractivity contribution in [2.24, 2.45) is 0 Å². The van der Waals surface area contributed by atoms with E-state index in [-0.39, 0.29) is 12.2 Å². The zero-order valence-electron chi connectivity index (χ0n) is 16.1. The Morgan fingerprint density at radius 2 is 1.89 bits per heavy atom. The van der Waals surface area contributed by atoms with Crippen molar-refractivity contribution in [3.63, 3.8) is 0 Å². The first kappa shape index (κ1) is 20.9. The van der Waals surface area contributed by atoms with E-state index in [0.717, 1.165) is 9.25 Å². The van der Waals surface area contributed by atoms with Crippen LogP contribution in [0.4, 0.5) is 4.79 Å². The SMILES string of the molecule is CC(C)(C)OC(=O)NCCCCn1c(=O)c(C#N)nn(-c2ccccc2)c1=O. The van der Waals surface area contributed by atoms with E-state index in [0.29, 0.717) is 25.1 Å². The Morgan fingerprint density at radius 3 is 2.50 bits per heavy atom. The first-order valence-electron chi connectivity index (χ1n) is 8.89. The van der Waals surface area contributed by atoms with Crippen molar-refractivity contribution in [3.05, 3.63) is 56.9 Å². The molecule has 0 fully saturated rings. The molecule has 0 saturated heterocycles. The fourth-order valence-corrected chi connectivity index (χ4v) is 2.42. The van der Waals surface area contributed by atoms with Crippen LogP contribution in [0.15, 0.2) is 39.9 Å². The molecule has 2 rings (SSSR count). The molecule has 0 spiro atoms. The van der Waals surface area contributed by atoms with E-state index in [1.165, 1.54) is 0 Å². The number of alkyl carbamates (subject to hydrolysis) is 1. The van der Waals surface area contributed by atoms with Gasteiger partial charge in [0.25, 0.3) is 5.56 Å². The summed E-state index contributed by atoms with van der Waals surface area (Å²) >= 11 is 0. The minimum Gasteiger partial charge on any atom is -0.444 e. The highest BCUT2D eigenvalue weighted by atomic mass is 16.6. The molecule has 0 atom stereocenters. The summed E-state index contributed by atoms with van der Waals surface area (Å²) in [4.78, 5) is 36.6. The van der Waals surface area contributed by atoms with Gasteiger partial charge >= 0.3 is 11.8 Å². The van der Waals surface area contributed by atoms with Crippen LogP contribution in [0.1, 0.15) is 39.3 Å². The number of ether oxygens (including phenoxy) is 1. The van der Waals surface area contributed by atoms with Crippen molar-refractivity contribution < 1.29 is 9.53 Å². The van der Waals surface area contributed by atoms with E-state index >= 15 is 0 Å². The highest BCUT2D eigenvalue weighted by Gasteiger charge is 2.16.